The number of fused-ring (bicyclic) bond motifs is 1. The van der Waals surface area contributed by atoms with Crippen LogP contribution in [0.3, 0.4) is 0 Å². The van der Waals surface area contributed by atoms with Gasteiger partial charge in [0, 0.05) is 24.3 Å². The molecule has 4 rings (SSSR count). The summed E-state index contributed by atoms with van der Waals surface area (Å²) >= 11 is 2.71. The molecule has 0 spiro atoms. The minimum Gasteiger partial charge on any atom is -0.390 e. The Balaban J connectivity index is 1.36. The van der Waals surface area contributed by atoms with E-state index in [0.29, 0.717) is 37.4 Å². The number of hydrogen-bond acceptors (Lipinski definition) is 6. The number of halogens is 1. The lowest BCUT2D eigenvalue weighted by Gasteiger charge is -2.39. The van der Waals surface area contributed by atoms with E-state index in [1.807, 2.05) is 17.0 Å². The van der Waals surface area contributed by atoms with Crippen LogP contribution < -0.4 is 4.72 Å². The number of carbonyl (C=O) groups excluding carboxylic acids is 1. The standard InChI is InChI=1S/C23H26FN3O2S2/c1-15(2)13-23(29)7-9-27(10-8-23)22(28)16-3-5-18(6-4-16)26-31-20-12-17(24)11-19-21(20)25-14-30-19/h3-6,11-12,14-15,26,29H,7-10,13H2,1-2H3. The van der Waals surface area contributed by atoms with E-state index in [2.05, 4.69) is 23.6 Å². The van der Waals surface area contributed by atoms with E-state index in [-0.39, 0.29) is 11.7 Å². The third-order valence-corrected chi connectivity index (χ3v) is 7.19. The summed E-state index contributed by atoms with van der Waals surface area (Å²) in [7, 11) is 0. The normalized spacial score (nSPS) is 16.1. The number of hydrogen-bond donors (Lipinski definition) is 2. The van der Waals surface area contributed by atoms with Crippen LogP contribution in [-0.2, 0) is 0 Å². The fourth-order valence-corrected chi connectivity index (χ4v) is 5.63. The van der Waals surface area contributed by atoms with Crippen molar-refractivity contribution in [2.75, 3.05) is 17.8 Å². The molecule has 0 aliphatic carbocycles. The first-order valence-corrected chi connectivity index (χ1v) is 12.1. The number of amides is 1. The molecule has 0 atom stereocenters. The first-order valence-electron chi connectivity index (χ1n) is 10.4. The number of rotatable bonds is 6. The number of aliphatic hydroxyl groups is 1. The Morgan fingerprint density at radius 1 is 1.29 bits per heavy atom. The number of aromatic nitrogens is 1. The SMILES string of the molecule is CC(C)CC1(O)CCN(C(=O)c2ccc(NSc3cc(F)cc4scnc34)cc2)CC1. The van der Waals surface area contributed by atoms with Gasteiger partial charge >= 0.3 is 0 Å². The van der Waals surface area contributed by atoms with Crippen molar-refractivity contribution in [2.24, 2.45) is 5.92 Å². The van der Waals surface area contributed by atoms with Crippen molar-refractivity contribution in [3.63, 3.8) is 0 Å². The van der Waals surface area contributed by atoms with Crippen molar-refractivity contribution in [1.29, 1.82) is 0 Å². The fraction of sp³-hybridized carbons (Fsp3) is 0.391. The summed E-state index contributed by atoms with van der Waals surface area (Å²) in [6.07, 6.45) is 2.00. The van der Waals surface area contributed by atoms with Crippen LogP contribution in [0.5, 0.6) is 0 Å². The number of likely N-dealkylation sites (tertiary alicyclic amines) is 1. The Morgan fingerprint density at radius 2 is 2.00 bits per heavy atom. The molecule has 1 amide bonds. The molecule has 1 fully saturated rings. The lowest BCUT2D eigenvalue weighted by Crippen LogP contribution is -2.47. The highest BCUT2D eigenvalue weighted by Crippen LogP contribution is 2.32. The van der Waals surface area contributed by atoms with E-state index in [0.717, 1.165) is 27.2 Å². The first kappa shape index (κ1) is 22.0. The smallest absolute Gasteiger partial charge is 0.253 e. The van der Waals surface area contributed by atoms with Crippen molar-refractivity contribution in [2.45, 2.75) is 43.6 Å². The monoisotopic (exact) mass is 459 g/mol. The molecule has 2 heterocycles. The van der Waals surface area contributed by atoms with Gasteiger partial charge < -0.3 is 14.7 Å². The number of carbonyl (C=O) groups is 1. The van der Waals surface area contributed by atoms with E-state index < -0.39 is 5.60 Å². The Morgan fingerprint density at radius 3 is 2.68 bits per heavy atom. The van der Waals surface area contributed by atoms with E-state index in [1.165, 1.54) is 35.4 Å². The van der Waals surface area contributed by atoms with Crippen molar-refractivity contribution >= 4 is 45.1 Å². The largest absolute Gasteiger partial charge is 0.390 e. The zero-order chi connectivity index (χ0) is 22.0. The Kier molecular flexibility index (Phi) is 6.50. The number of nitrogens with one attached hydrogen (secondary N) is 1. The highest BCUT2D eigenvalue weighted by atomic mass is 32.2. The van der Waals surface area contributed by atoms with Crippen LogP contribution in [0, 0.1) is 11.7 Å². The van der Waals surface area contributed by atoms with Crippen molar-refractivity contribution in [3.8, 4) is 0 Å². The van der Waals surface area contributed by atoms with Gasteiger partial charge in [0.25, 0.3) is 5.91 Å². The zero-order valence-electron chi connectivity index (χ0n) is 17.6. The molecule has 8 heteroatoms. The van der Waals surface area contributed by atoms with Crippen LogP contribution >= 0.6 is 23.3 Å². The molecular formula is C23H26FN3O2S2. The number of thiazole rings is 1. The minimum atomic E-state index is -0.657. The quantitative estimate of drug-likeness (QED) is 0.472. The van der Waals surface area contributed by atoms with Crippen LogP contribution in [0.1, 0.15) is 43.5 Å². The van der Waals surface area contributed by atoms with Crippen LogP contribution in [0.4, 0.5) is 10.1 Å². The van der Waals surface area contributed by atoms with Crippen molar-refractivity contribution in [1.82, 2.24) is 9.88 Å². The molecule has 2 aromatic carbocycles. The summed E-state index contributed by atoms with van der Waals surface area (Å²) in [5, 5.41) is 10.7. The summed E-state index contributed by atoms with van der Waals surface area (Å²) in [6, 6.07) is 10.2. The molecule has 1 aromatic heterocycles. The molecule has 31 heavy (non-hydrogen) atoms. The average molecular weight is 460 g/mol. The Bertz CT molecular complexity index is 1060. The van der Waals surface area contributed by atoms with Gasteiger partial charge in [0.1, 0.15) is 5.82 Å². The lowest BCUT2D eigenvalue weighted by atomic mass is 9.84. The molecule has 2 N–H and O–H groups in total. The minimum absolute atomic E-state index is 0.0138. The number of piperidine rings is 1. The maximum absolute atomic E-state index is 13.8. The zero-order valence-corrected chi connectivity index (χ0v) is 19.2. The molecule has 0 radical (unpaired) electrons. The summed E-state index contributed by atoms with van der Waals surface area (Å²) in [4.78, 5) is 19.7. The summed E-state index contributed by atoms with van der Waals surface area (Å²) in [5.74, 6) is 0.132. The maximum atomic E-state index is 13.8. The van der Waals surface area contributed by atoms with E-state index in [4.69, 9.17) is 0 Å². The van der Waals surface area contributed by atoms with Gasteiger partial charge in [-0.15, -0.1) is 11.3 Å². The van der Waals surface area contributed by atoms with Crippen LogP contribution in [0.2, 0.25) is 0 Å². The lowest BCUT2D eigenvalue weighted by molar-refractivity contribution is -0.0311. The summed E-state index contributed by atoms with van der Waals surface area (Å²) < 4.78 is 17.8. The molecule has 0 saturated carbocycles. The van der Waals surface area contributed by atoms with Crippen LogP contribution in [0.25, 0.3) is 10.2 Å². The van der Waals surface area contributed by atoms with E-state index >= 15 is 0 Å². The maximum Gasteiger partial charge on any atom is 0.253 e. The second kappa shape index (κ2) is 9.14. The molecule has 164 valence electrons. The molecule has 0 unspecified atom stereocenters. The third kappa shape index (κ3) is 5.19. The highest BCUT2D eigenvalue weighted by molar-refractivity contribution is 8.00. The van der Waals surface area contributed by atoms with Gasteiger partial charge in [0.05, 0.1) is 26.2 Å². The molecule has 5 nitrogen and oxygen atoms in total. The summed E-state index contributed by atoms with van der Waals surface area (Å²) in [6.45, 7) is 5.36. The Hall–Kier alpha value is -2.16. The van der Waals surface area contributed by atoms with Gasteiger partial charge in [-0.3, -0.25) is 4.79 Å². The average Bonchev–Trinajstić information content (AvgIpc) is 3.20. The first-order chi connectivity index (χ1) is 14.8. The molecular weight excluding hydrogens is 433 g/mol. The van der Waals surface area contributed by atoms with Gasteiger partial charge in [-0.05, 0) is 73.5 Å². The third-order valence-electron chi connectivity index (χ3n) is 5.55. The molecule has 3 aromatic rings. The molecule has 1 aliphatic heterocycles. The van der Waals surface area contributed by atoms with E-state index in [1.54, 1.807) is 17.6 Å². The fourth-order valence-electron chi connectivity index (χ4n) is 4.05. The number of benzene rings is 2. The van der Waals surface area contributed by atoms with Crippen LogP contribution in [-0.4, -0.2) is 39.6 Å². The van der Waals surface area contributed by atoms with Gasteiger partial charge in [-0.25, -0.2) is 9.37 Å². The second-order valence-electron chi connectivity index (χ2n) is 8.50. The van der Waals surface area contributed by atoms with E-state index in [9.17, 15) is 14.3 Å². The summed E-state index contributed by atoms with van der Waals surface area (Å²) in [5.41, 5.74) is 3.27. The molecule has 0 bridgehead atoms. The predicted octanol–water partition coefficient (Wildman–Crippen LogP) is 5.57. The molecule has 1 aliphatic rings. The van der Waals surface area contributed by atoms with Gasteiger partial charge in [-0.1, -0.05) is 13.8 Å². The Labute approximate surface area is 189 Å². The van der Waals surface area contributed by atoms with Gasteiger partial charge in [0.2, 0.25) is 0 Å². The van der Waals surface area contributed by atoms with Gasteiger partial charge in [-0.2, -0.15) is 0 Å². The highest BCUT2D eigenvalue weighted by Gasteiger charge is 2.34. The van der Waals surface area contributed by atoms with Crippen molar-refractivity contribution < 1.29 is 14.3 Å². The molecule has 1 saturated heterocycles. The number of anilines is 1. The van der Waals surface area contributed by atoms with Crippen LogP contribution in [0.15, 0.2) is 46.8 Å². The van der Waals surface area contributed by atoms with Gasteiger partial charge in [0.15, 0.2) is 0 Å². The topological polar surface area (TPSA) is 65.5 Å². The number of nitrogens with zero attached hydrogens (tertiary/aromatic N) is 2. The second-order valence-corrected chi connectivity index (χ2v) is 10.2. The van der Waals surface area contributed by atoms with Crippen molar-refractivity contribution in [3.05, 3.63) is 53.3 Å². The predicted molar refractivity (Wildman–Crippen MR) is 125 cm³/mol.